The van der Waals surface area contributed by atoms with E-state index in [0.29, 0.717) is 22.8 Å². The maximum atomic E-state index is 11.8. The SMILES string of the molecule is O=C(CCSc1ccccc1)NNC(=O)c1ccccc1Cl. The predicted octanol–water partition coefficient (Wildman–Crippen LogP) is 3.28. The van der Waals surface area contributed by atoms with Gasteiger partial charge in [0, 0.05) is 17.1 Å². The van der Waals surface area contributed by atoms with Crippen molar-refractivity contribution in [1.29, 1.82) is 0 Å². The zero-order chi connectivity index (χ0) is 15.8. The molecule has 0 saturated heterocycles. The van der Waals surface area contributed by atoms with Gasteiger partial charge in [-0.3, -0.25) is 20.4 Å². The molecule has 0 atom stereocenters. The zero-order valence-electron chi connectivity index (χ0n) is 11.7. The Bertz CT molecular complexity index is 650. The Balaban J connectivity index is 1.72. The fraction of sp³-hybridized carbons (Fsp3) is 0.125. The molecule has 2 rings (SSSR count). The third-order valence-electron chi connectivity index (χ3n) is 2.77. The van der Waals surface area contributed by atoms with Crippen LogP contribution in [0.4, 0.5) is 0 Å². The second kappa shape index (κ2) is 8.46. The normalized spacial score (nSPS) is 10.0. The first-order chi connectivity index (χ1) is 10.7. The second-order valence-electron chi connectivity index (χ2n) is 4.39. The Morgan fingerprint density at radius 3 is 2.36 bits per heavy atom. The zero-order valence-corrected chi connectivity index (χ0v) is 13.3. The molecule has 0 radical (unpaired) electrons. The molecule has 4 nitrogen and oxygen atoms in total. The fourth-order valence-corrected chi connectivity index (χ4v) is 2.77. The number of nitrogens with one attached hydrogen (secondary N) is 2. The number of carbonyl (C=O) groups excluding carboxylic acids is 2. The molecule has 0 aliphatic rings. The van der Waals surface area contributed by atoms with Crippen LogP contribution in [0.25, 0.3) is 0 Å². The van der Waals surface area contributed by atoms with Crippen molar-refractivity contribution in [2.24, 2.45) is 0 Å². The summed E-state index contributed by atoms with van der Waals surface area (Å²) < 4.78 is 0. The van der Waals surface area contributed by atoms with Crippen molar-refractivity contribution in [3.8, 4) is 0 Å². The van der Waals surface area contributed by atoms with Crippen molar-refractivity contribution in [3.05, 3.63) is 65.2 Å². The van der Waals surface area contributed by atoms with Crippen LogP contribution in [0.2, 0.25) is 5.02 Å². The minimum absolute atomic E-state index is 0.246. The molecule has 2 aromatic carbocycles. The number of hydrogen-bond acceptors (Lipinski definition) is 3. The minimum Gasteiger partial charge on any atom is -0.273 e. The summed E-state index contributed by atoms with van der Waals surface area (Å²) in [5.74, 6) is -0.0452. The Kier molecular flexibility index (Phi) is 6.30. The summed E-state index contributed by atoms with van der Waals surface area (Å²) >= 11 is 7.50. The highest BCUT2D eigenvalue weighted by Gasteiger charge is 2.10. The van der Waals surface area contributed by atoms with Crippen molar-refractivity contribution in [1.82, 2.24) is 10.9 Å². The number of carbonyl (C=O) groups is 2. The number of thioether (sulfide) groups is 1. The summed E-state index contributed by atoms with van der Waals surface area (Å²) in [7, 11) is 0. The van der Waals surface area contributed by atoms with E-state index in [1.54, 1.807) is 36.0 Å². The van der Waals surface area contributed by atoms with Crippen LogP contribution < -0.4 is 10.9 Å². The van der Waals surface area contributed by atoms with Crippen molar-refractivity contribution < 1.29 is 9.59 Å². The number of hydrogen-bond donors (Lipinski definition) is 2. The van der Waals surface area contributed by atoms with Gasteiger partial charge in [0.25, 0.3) is 5.91 Å². The van der Waals surface area contributed by atoms with Gasteiger partial charge in [-0.2, -0.15) is 0 Å². The molecule has 0 fully saturated rings. The lowest BCUT2D eigenvalue weighted by atomic mass is 10.2. The van der Waals surface area contributed by atoms with Gasteiger partial charge in [-0.05, 0) is 24.3 Å². The van der Waals surface area contributed by atoms with Crippen molar-refractivity contribution in [2.75, 3.05) is 5.75 Å². The Morgan fingerprint density at radius 1 is 0.955 bits per heavy atom. The van der Waals surface area contributed by atoms with E-state index < -0.39 is 5.91 Å². The molecule has 2 N–H and O–H groups in total. The highest BCUT2D eigenvalue weighted by Crippen LogP contribution is 2.17. The smallest absolute Gasteiger partial charge is 0.271 e. The molecule has 114 valence electrons. The molecular formula is C16H15ClN2O2S. The number of amides is 2. The van der Waals surface area contributed by atoms with E-state index in [1.807, 2.05) is 30.3 Å². The highest BCUT2D eigenvalue weighted by atomic mass is 35.5. The summed E-state index contributed by atoms with van der Waals surface area (Å²) in [6.45, 7) is 0. The highest BCUT2D eigenvalue weighted by molar-refractivity contribution is 7.99. The molecule has 2 amide bonds. The number of halogens is 1. The molecule has 22 heavy (non-hydrogen) atoms. The van der Waals surface area contributed by atoms with Gasteiger partial charge in [-0.15, -0.1) is 11.8 Å². The molecule has 2 aromatic rings. The lowest BCUT2D eigenvalue weighted by Crippen LogP contribution is -2.41. The molecule has 0 saturated carbocycles. The summed E-state index contributed by atoms with van der Waals surface area (Å²) in [6.07, 6.45) is 0.308. The molecule has 6 heteroatoms. The van der Waals surface area contributed by atoms with Gasteiger partial charge in [-0.1, -0.05) is 41.9 Å². The quantitative estimate of drug-likeness (QED) is 0.651. The predicted molar refractivity (Wildman–Crippen MR) is 88.8 cm³/mol. The lowest BCUT2D eigenvalue weighted by molar-refractivity contribution is -0.121. The first-order valence-corrected chi connectivity index (χ1v) is 8.05. The van der Waals surface area contributed by atoms with Crippen LogP contribution in [-0.2, 0) is 4.79 Å². The number of benzene rings is 2. The van der Waals surface area contributed by atoms with Crippen LogP contribution in [0, 0.1) is 0 Å². The topological polar surface area (TPSA) is 58.2 Å². The molecule has 0 spiro atoms. The van der Waals surface area contributed by atoms with Crippen LogP contribution in [0.5, 0.6) is 0 Å². The lowest BCUT2D eigenvalue weighted by Gasteiger charge is -2.08. The average Bonchev–Trinajstić information content (AvgIpc) is 2.54. The Morgan fingerprint density at radius 2 is 1.64 bits per heavy atom. The van der Waals surface area contributed by atoms with Crippen LogP contribution in [0.3, 0.4) is 0 Å². The third-order valence-corrected chi connectivity index (χ3v) is 4.12. The largest absolute Gasteiger partial charge is 0.273 e. The Hall–Kier alpha value is -1.98. The van der Waals surface area contributed by atoms with E-state index in [0.717, 1.165) is 4.90 Å². The standard InChI is InChI=1S/C16H15ClN2O2S/c17-14-9-5-4-8-13(14)16(21)19-18-15(20)10-11-22-12-6-2-1-3-7-12/h1-9H,10-11H2,(H,18,20)(H,19,21). The van der Waals surface area contributed by atoms with Crippen LogP contribution in [0.1, 0.15) is 16.8 Å². The summed E-state index contributed by atoms with van der Waals surface area (Å²) in [6, 6.07) is 16.5. The van der Waals surface area contributed by atoms with E-state index >= 15 is 0 Å². The van der Waals surface area contributed by atoms with E-state index in [-0.39, 0.29) is 5.91 Å². The number of rotatable bonds is 5. The van der Waals surface area contributed by atoms with E-state index in [1.165, 1.54) is 0 Å². The second-order valence-corrected chi connectivity index (χ2v) is 5.97. The van der Waals surface area contributed by atoms with Crippen LogP contribution in [-0.4, -0.2) is 17.6 Å². The molecule has 0 aliphatic carbocycles. The van der Waals surface area contributed by atoms with Crippen molar-refractivity contribution in [3.63, 3.8) is 0 Å². The summed E-state index contributed by atoms with van der Waals surface area (Å²) in [5, 5.41) is 0.342. The fourth-order valence-electron chi connectivity index (χ4n) is 1.68. The molecule has 0 heterocycles. The summed E-state index contributed by atoms with van der Waals surface area (Å²) in [5.41, 5.74) is 5.06. The molecule has 0 unspecified atom stereocenters. The monoisotopic (exact) mass is 334 g/mol. The average molecular weight is 335 g/mol. The van der Waals surface area contributed by atoms with Gasteiger partial charge in [0.1, 0.15) is 0 Å². The van der Waals surface area contributed by atoms with Gasteiger partial charge in [0.2, 0.25) is 5.91 Å². The maximum absolute atomic E-state index is 11.8. The maximum Gasteiger partial charge on any atom is 0.271 e. The van der Waals surface area contributed by atoms with Gasteiger partial charge in [0.15, 0.2) is 0 Å². The molecule has 0 aromatic heterocycles. The number of hydrazine groups is 1. The van der Waals surface area contributed by atoms with E-state index in [4.69, 9.17) is 11.6 Å². The summed E-state index contributed by atoms with van der Waals surface area (Å²) in [4.78, 5) is 24.6. The van der Waals surface area contributed by atoms with E-state index in [9.17, 15) is 9.59 Å². The van der Waals surface area contributed by atoms with Gasteiger partial charge < -0.3 is 0 Å². The minimum atomic E-state index is -0.435. The van der Waals surface area contributed by atoms with Crippen LogP contribution in [0.15, 0.2) is 59.5 Å². The van der Waals surface area contributed by atoms with Crippen LogP contribution >= 0.6 is 23.4 Å². The van der Waals surface area contributed by atoms with Crippen molar-refractivity contribution >= 4 is 35.2 Å². The van der Waals surface area contributed by atoms with Crippen molar-refractivity contribution in [2.45, 2.75) is 11.3 Å². The van der Waals surface area contributed by atoms with Gasteiger partial charge >= 0.3 is 0 Å². The Labute approximate surface area is 138 Å². The van der Waals surface area contributed by atoms with Gasteiger partial charge in [0.05, 0.1) is 10.6 Å². The molecule has 0 bridgehead atoms. The van der Waals surface area contributed by atoms with Gasteiger partial charge in [-0.25, -0.2) is 0 Å². The third kappa shape index (κ3) is 5.09. The molecular weight excluding hydrogens is 320 g/mol. The first-order valence-electron chi connectivity index (χ1n) is 6.68. The molecule has 0 aliphatic heterocycles. The van der Waals surface area contributed by atoms with E-state index in [2.05, 4.69) is 10.9 Å². The first kappa shape index (κ1) is 16.4.